The van der Waals surface area contributed by atoms with Crippen LogP contribution in [-0.4, -0.2) is 19.5 Å². The Morgan fingerprint density at radius 3 is 1.98 bits per heavy atom. The van der Waals surface area contributed by atoms with Crippen molar-refractivity contribution in [2.24, 2.45) is 0 Å². The van der Waals surface area contributed by atoms with Gasteiger partial charge in [0.2, 0.25) is 5.95 Å². The maximum absolute atomic E-state index is 5.31. The molecule has 208 valence electrons. The van der Waals surface area contributed by atoms with Crippen molar-refractivity contribution in [1.29, 1.82) is 0 Å². The second-order valence-corrected chi connectivity index (χ2v) is 12.1. The molecule has 3 heterocycles. The van der Waals surface area contributed by atoms with Gasteiger partial charge in [-0.3, -0.25) is 9.55 Å². The summed E-state index contributed by atoms with van der Waals surface area (Å²) in [6, 6.07) is 42.6. The minimum absolute atomic E-state index is 0.204. The van der Waals surface area contributed by atoms with Crippen LogP contribution in [-0.2, 0) is 5.41 Å². The monoisotopic (exact) mass is 564 g/mol. The van der Waals surface area contributed by atoms with Crippen molar-refractivity contribution in [2.45, 2.75) is 19.3 Å². The largest absolute Gasteiger partial charge is 0.277 e. The van der Waals surface area contributed by atoms with Crippen molar-refractivity contribution in [3.05, 3.63) is 145 Å². The summed E-state index contributed by atoms with van der Waals surface area (Å²) in [7, 11) is 0. The first kappa shape index (κ1) is 24.9. The van der Waals surface area contributed by atoms with Crippen LogP contribution in [0.4, 0.5) is 0 Å². The van der Waals surface area contributed by atoms with Crippen molar-refractivity contribution >= 4 is 32.6 Å². The lowest BCUT2D eigenvalue weighted by molar-refractivity contribution is 0.666. The lowest BCUT2D eigenvalue weighted by Crippen LogP contribution is -2.15. The van der Waals surface area contributed by atoms with Crippen LogP contribution in [0.15, 0.2) is 134 Å². The van der Waals surface area contributed by atoms with Gasteiger partial charge in [0.25, 0.3) is 0 Å². The Hall–Kier alpha value is -5.61. The number of para-hydroxylation sites is 1. The van der Waals surface area contributed by atoms with E-state index >= 15 is 0 Å². The quantitative estimate of drug-likeness (QED) is 0.215. The van der Waals surface area contributed by atoms with Gasteiger partial charge in [-0.25, -0.2) is 9.97 Å². The van der Waals surface area contributed by atoms with Crippen LogP contribution in [0.2, 0.25) is 0 Å². The molecular weight excluding hydrogens is 536 g/mol. The van der Waals surface area contributed by atoms with Gasteiger partial charge < -0.3 is 0 Å². The number of benzene rings is 5. The summed E-state index contributed by atoms with van der Waals surface area (Å²) in [4.78, 5) is 15.2. The number of aromatic nitrogens is 4. The Balaban J connectivity index is 1.50. The van der Waals surface area contributed by atoms with Gasteiger partial charge in [-0.05, 0) is 40.3 Å². The van der Waals surface area contributed by atoms with Crippen LogP contribution < -0.4 is 0 Å². The van der Waals surface area contributed by atoms with E-state index in [0.29, 0.717) is 5.95 Å². The molecule has 0 saturated carbocycles. The minimum atomic E-state index is -0.204. The first-order valence-corrected chi connectivity index (χ1v) is 15.0. The highest BCUT2D eigenvalue weighted by molar-refractivity contribution is 6.27. The van der Waals surface area contributed by atoms with Gasteiger partial charge in [-0.15, -0.1) is 0 Å². The van der Waals surface area contributed by atoms with Crippen LogP contribution in [0.3, 0.4) is 0 Å². The highest BCUT2D eigenvalue weighted by Crippen LogP contribution is 2.56. The van der Waals surface area contributed by atoms with Crippen molar-refractivity contribution in [2.75, 3.05) is 0 Å². The standard InChI is InChI=1S/C40H28N4/c1-40(2)31-19-11-9-17-28(31)36-37(40)30-24-41-22-21-27(30)35-29-18-10-12-20-34(29)44(38(35)36)39-42-32(25-13-5-3-6-14-25)23-33(43-39)26-15-7-4-8-16-26/h3-24H,1-2H3. The number of nitrogens with zero attached hydrogens (tertiary/aromatic N) is 4. The van der Waals surface area contributed by atoms with E-state index in [-0.39, 0.29) is 5.41 Å². The van der Waals surface area contributed by atoms with Gasteiger partial charge in [0, 0.05) is 50.7 Å². The maximum atomic E-state index is 5.31. The van der Waals surface area contributed by atoms with Crippen LogP contribution in [0.5, 0.6) is 0 Å². The Morgan fingerprint density at radius 2 is 1.25 bits per heavy atom. The van der Waals surface area contributed by atoms with Gasteiger partial charge in [0.05, 0.1) is 22.4 Å². The molecule has 4 heteroatoms. The zero-order chi connectivity index (χ0) is 29.4. The topological polar surface area (TPSA) is 43.6 Å². The summed E-state index contributed by atoms with van der Waals surface area (Å²) in [6.45, 7) is 4.67. The molecule has 44 heavy (non-hydrogen) atoms. The van der Waals surface area contributed by atoms with Gasteiger partial charge in [-0.1, -0.05) is 117 Å². The van der Waals surface area contributed by atoms with Crippen LogP contribution in [0.25, 0.3) is 72.2 Å². The van der Waals surface area contributed by atoms with E-state index in [1.165, 1.54) is 43.8 Å². The molecule has 0 radical (unpaired) electrons. The number of hydrogen-bond acceptors (Lipinski definition) is 3. The maximum Gasteiger partial charge on any atom is 0.235 e. The van der Waals surface area contributed by atoms with Gasteiger partial charge >= 0.3 is 0 Å². The van der Waals surface area contributed by atoms with E-state index in [1.54, 1.807) is 0 Å². The molecular formula is C40H28N4. The summed E-state index contributed by atoms with van der Waals surface area (Å²) >= 11 is 0. The number of hydrogen-bond donors (Lipinski definition) is 0. The third kappa shape index (κ3) is 3.42. The molecule has 0 unspecified atom stereocenters. The summed E-state index contributed by atoms with van der Waals surface area (Å²) in [5.41, 5.74) is 11.1. The Labute approximate surface area is 255 Å². The molecule has 0 amide bonds. The minimum Gasteiger partial charge on any atom is -0.277 e. The molecule has 3 aromatic heterocycles. The van der Waals surface area contributed by atoms with Crippen LogP contribution >= 0.6 is 0 Å². The second-order valence-electron chi connectivity index (χ2n) is 12.1. The van der Waals surface area contributed by atoms with E-state index in [2.05, 4.69) is 133 Å². The van der Waals surface area contributed by atoms with Gasteiger partial charge in [-0.2, -0.15) is 0 Å². The molecule has 0 saturated heterocycles. The number of pyridine rings is 1. The highest BCUT2D eigenvalue weighted by atomic mass is 15.2. The molecule has 1 aliphatic carbocycles. The van der Waals surface area contributed by atoms with Crippen molar-refractivity contribution in [3.63, 3.8) is 0 Å². The van der Waals surface area contributed by atoms with Crippen LogP contribution in [0, 0.1) is 0 Å². The van der Waals surface area contributed by atoms with E-state index < -0.39 is 0 Å². The smallest absolute Gasteiger partial charge is 0.235 e. The first-order chi connectivity index (χ1) is 21.6. The van der Waals surface area contributed by atoms with Crippen molar-refractivity contribution in [3.8, 4) is 39.6 Å². The third-order valence-electron chi connectivity index (χ3n) is 9.27. The van der Waals surface area contributed by atoms with E-state index in [0.717, 1.165) is 33.5 Å². The average Bonchev–Trinajstić information content (AvgIpc) is 3.55. The lowest BCUT2D eigenvalue weighted by Gasteiger charge is -2.23. The predicted octanol–water partition coefficient (Wildman–Crippen LogP) is 9.76. The molecule has 9 rings (SSSR count). The average molecular weight is 565 g/mol. The summed E-state index contributed by atoms with van der Waals surface area (Å²) < 4.78 is 2.31. The predicted molar refractivity (Wildman–Crippen MR) is 180 cm³/mol. The molecule has 4 nitrogen and oxygen atoms in total. The zero-order valence-corrected chi connectivity index (χ0v) is 24.5. The SMILES string of the molecule is CC1(C)c2ccccc2-c2c1c1cnccc1c1c3ccccc3n(-c3nc(-c4ccccc4)cc(-c4ccccc4)n3)c21. The number of fused-ring (bicyclic) bond motifs is 10. The van der Waals surface area contributed by atoms with Crippen molar-refractivity contribution in [1.82, 2.24) is 19.5 Å². The lowest BCUT2D eigenvalue weighted by atomic mass is 9.80. The van der Waals surface area contributed by atoms with E-state index in [9.17, 15) is 0 Å². The molecule has 8 aromatic rings. The molecule has 0 spiro atoms. The Kier molecular flexibility index (Phi) is 5.21. The molecule has 0 atom stereocenters. The molecule has 0 fully saturated rings. The first-order valence-electron chi connectivity index (χ1n) is 15.0. The van der Waals surface area contributed by atoms with Crippen molar-refractivity contribution < 1.29 is 0 Å². The molecule has 1 aliphatic rings. The summed E-state index contributed by atoms with van der Waals surface area (Å²) in [5.74, 6) is 0.661. The summed E-state index contributed by atoms with van der Waals surface area (Å²) in [6.07, 6.45) is 3.96. The fourth-order valence-electron chi connectivity index (χ4n) is 7.36. The molecule has 0 bridgehead atoms. The van der Waals surface area contributed by atoms with E-state index in [4.69, 9.17) is 9.97 Å². The number of rotatable bonds is 3. The summed E-state index contributed by atoms with van der Waals surface area (Å²) in [5, 5.41) is 4.79. The zero-order valence-electron chi connectivity index (χ0n) is 24.5. The van der Waals surface area contributed by atoms with Crippen LogP contribution in [0.1, 0.15) is 25.0 Å². The van der Waals surface area contributed by atoms with Gasteiger partial charge in [0.15, 0.2) is 0 Å². The third-order valence-corrected chi connectivity index (χ3v) is 9.27. The fraction of sp³-hybridized carbons (Fsp3) is 0.0750. The molecule has 0 N–H and O–H groups in total. The molecule has 0 aliphatic heterocycles. The second kappa shape index (κ2) is 9.19. The fourth-order valence-corrected chi connectivity index (χ4v) is 7.36. The molecule has 5 aromatic carbocycles. The highest BCUT2D eigenvalue weighted by Gasteiger charge is 2.40. The van der Waals surface area contributed by atoms with E-state index in [1.807, 2.05) is 24.5 Å². The Morgan fingerprint density at radius 1 is 0.614 bits per heavy atom. The van der Waals surface area contributed by atoms with Gasteiger partial charge in [0.1, 0.15) is 0 Å². The Bertz CT molecular complexity index is 2350. The normalized spacial score (nSPS) is 13.4.